The first-order valence-electron chi connectivity index (χ1n) is 9.01. The molecule has 7 nitrogen and oxygen atoms in total. The Labute approximate surface area is 165 Å². The second-order valence-electron chi connectivity index (χ2n) is 6.38. The molecule has 0 heterocycles. The molecule has 1 atom stereocenters. The molecule has 0 aliphatic carbocycles. The van der Waals surface area contributed by atoms with Crippen molar-refractivity contribution < 1.29 is 19.2 Å². The molecule has 0 spiro atoms. The number of rotatable bonds is 9. The summed E-state index contributed by atoms with van der Waals surface area (Å²) in [5.41, 5.74) is 1.39. The van der Waals surface area contributed by atoms with Crippen LogP contribution in [0.2, 0.25) is 0 Å². The summed E-state index contributed by atoms with van der Waals surface area (Å²) < 4.78 is 5.14. The highest BCUT2D eigenvalue weighted by Gasteiger charge is 2.21. The molecule has 2 aromatic rings. The molecule has 0 aromatic heterocycles. The van der Waals surface area contributed by atoms with Gasteiger partial charge < -0.3 is 19.9 Å². The molecule has 0 aliphatic heterocycles. The Morgan fingerprint density at radius 2 is 1.89 bits per heavy atom. The van der Waals surface area contributed by atoms with Crippen molar-refractivity contribution in [3.63, 3.8) is 0 Å². The van der Waals surface area contributed by atoms with E-state index in [1.54, 1.807) is 43.3 Å². The Bertz CT molecular complexity index is 833. The van der Waals surface area contributed by atoms with Gasteiger partial charge in [-0.1, -0.05) is 24.3 Å². The molecule has 7 heteroatoms. The van der Waals surface area contributed by atoms with E-state index in [0.717, 1.165) is 10.6 Å². The van der Waals surface area contributed by atoms with Crippen LogP contribution in [-0.2, 0) is 9.59 Å². The second kappa shape index (κ2) is 10.7. The van der Waals surface area contributed by atoms with Crippen LogP contribution < -0.4 is 19.9 Å². The minimum Gasteiger partial charge on any atom is -0.497 e. The van der Waals surface area contributed by atoms with Gasteiger partial charge in [-0.15, -0.1) is 0 Å². The fraction of sp³-hybridized carbons (Fsp3) is 0.286. The molecule has 0 aliphatic rings. The first-order chi connectivity index (χ1) is 13.5. The standard InChI is InChI=1S/C21H24N4O3/c1-24(15-20(26)23-17-8-6-11-19(14-17)28-2)16-21(27)25(13-7-12-22)18-9-4-3-5-10-18/h3-6,8-11,14H,7,13,15-16H2,1-2H3,(H,23,26)/p+1. The van der Waals surface area contributed by atoms with Gasteiger partial charge in [-0.25, -0.2) is 0 Å². The van der Waals surface area contributed by atoms with Crippen molar-refractivity contribution >= 4 is 23.2 Å². The highest BCUT2D eigenvalue weighted by Crippen LogP contribution is 2.16. The van der Waals surface area contributed by atoms with Gasteiger partial charge in [-0.05, 0) is 24.3 Å². The zero-order valence-corrected chi connectivity index (χ0v) is 16.1. The number of likely N-dealkylation sites (N-methyl/N-ethyl adjacent to an activating group) is 1. The fourth-order valence-electron chi connectivity index (χ4n) is 2.76. The average molecular weight is 381 g/mol. The summed E-state index contributed by atoms with van der Waals surface area (Å²) in [6, 6.07) is 18.4. The zero-order valence-electron chi connectivity index (χ0n) is 16.1. The first kappa shape index (κ1) is 20.9. The van der Waals surface area contributed by atoms with Crippen LogP contribution in [0.4, 0.5) is 11.4 Å². The SMILES string of the molecule is COc1cccc(NC(=O)C[NH+](C)CC(=O)N(CCC#N)c2ccccc2)c1. The lowest BCUT2D eigenvalue weighted by molar-refractivity contribution is -0.862. The predicted octanol–water partition coefficient (Wildman–Crippen LogP) is 1.10. The van der Waals surface area contributed by atoms with Crippen LogP contribution in [-0.4, -0.2) is 45.6 Å². The number of quaternary nitrogens is 1. The number of nitrogens with zero attached hydrogens (tertiary/aromatic N) is 2. The van der Waals surface area contributed by atoms with Crippen LogP contribution in [0.5, 0.6) is 5.75 Å². The van der Waals surface area contributed by atoms with Crippen molar-refractivity contribution in [2.24, 2.45) is 0 Å². The lowest BCUT2D eigenvalue weighted by Gasteiger charge is -2.23. The summed E-state index contributed by atoms with van der Waals surface area (Å²) in [4.78, 5) is 27.3. The summed E-state index contributed by atoms with van der Waals surface area (Å²) in [6.45, 7) is 0.609. The van der Waals surface area contributed by atoms with E-state index in [2.05, 4.69) is 11.4 Å². The number of nitriles is 1. The summed E-state index contributed by atoms with van der Waals surface area (Å²) in [5.74, 6) is 0.333. The quantitative estimate of drug-likeness (QED) is 0.681. The molecule has 0 saturated heterocycles. The maximum absolute atomic E-state index is 12.7. The molecule has 0 bridgehead atoms. The van der Waals surface area contributed by atoms with Crippen LogP contribution in [0, 0.1) is 11.3 Å². The monoisotopic (exact) mass is 381 g/mol. The number of carbonyl (C=O) groups is 2. The van der Waals surface area contributed by atoms with Crippen molar-refractivity contribution in [2.75, 3.05) is 44.0 Å². The van der Waals surface area contributed by atoms with Gasteiger partial charge in [0.2, 0.25) is 0 Å². The maximum Gasteiger partial charge on any atom is 0.282 e. The normalized spacial score (nSPS) is 11.2. The van der Waals surface area contributed by atoms with Gasteiger partial charge in [0, 0.05) is 24.0 Å². The summed E-state index contributed by atoms with van der Waals surface area (Å²) in [5, 5.41) is 11.7. The molecule has 0 radical (unpaired) electrons. The maximum atomic E-state index is 12.7. The third kappa shape index (κ3) is 6.41. The van der Waals surface area contributed by atoms with Gasteiger partial charge in [0.05, 0.1) is 26.6 Å². The van der Waals surface area contributed by atoms with Crippen LogP contribution >= 0.6 is 0 Å². The number of methoxy groups -OCH3 is 1. The van der Waals surface area contributed by atoms with Gasteiger partial charge in [-0.3, -0.25) is 9.59 Å². The number of benzene rings is 2. The van der Waals surface area contributed by atoms with E-state index in [4.69, 9.17) is 10.00 Å². The summed E-state index contributed by atoms with van der Waals surface area (Å²) in [7, 11) is 3.35. The van der Waals surface area contributed by atoms with Crippen molar-refractivity contribution in [1.29, 1.82) is 5.26 Å². The number of amides is 2. The van der Waals surface area contributed by atoms with Gasteiger partial charge >= 0.3 is 0 Å². The largest absolute Gasteiger partial charge is 0.497 e. The fourth-order valence-corrected chi connectivity index (χ4v) is 2.76. The number of ether oxygens (including phenoxy) is 1. The van der Waals surface area contributed by atoms with E-state index in [1.807, 2.05) is 30.3 Å². The lowest BCUT2D eigenvalue weighted by Crippen LogP contribution is -3.11. The Kier molecular flexibility index (Phi) is 8.00. The summed E-state index contributed by atoms with van der Waals surface area (Å²) >= 11 is 0. The lowest BCUT2D eigenvalue weighted by atomic mass is 10.2. The minimum absolute atomic E-state index is 0.131. The van der Waals surface area contributed by atoms with Crippen molar-refractivity contribution in [3.8, 4) is 11.8 Å². The first-order valence-corrected chi connectivity index (χ1v) is 9.01. The molecular formula is C21H25N4O3+. The molecule has 0 fully saturated rings. The van der Waals surface area contributed by atoms with E-state index in [1.165, 1.54) is 0 Å². The molecule has 2 N–H and O–H groups in total. The third-order valence-electron chi connectivity index (χ3n) is 4.08. The van der Waals surface area contributed by atoms with Gasteiger partial charge in [0.25, 0.3) is 11.8 Å². The molecule has 28 heavy (non-hydrogen) atoms. The molecule has 2 aromatic carbocycles. The number of hydrogen-bond donors (Lipinski definition) is 2. The van der Waals surface area contributed by atoms with Crippen molar-refractivity contribution in [2.45, 2.75) is 6.42 Å². The molecule has 2 amide bonds. The van der Waals surface area contributed by atoms with Crippen LogP contribution in [0.15, 0.2) is 54.6 Å². The van der Waals surface area contributed by atoms with Crippen molar-refractivity contribution in [3.05, 3.63) is 54.6 Å². The average Bonchev–Trinajstić information content (AvgIpc) is 2.69. The minimum atomic E-state index is -0.193. The topological polar surface area (TPSA) is 86.9 Å². The van der Waals surface area contributed by atoms with Crippen molar-refractivity contribution in [1.82, 2.24) is 0 Å². The number of carbonyl (C=O) groups excluding carboxylic acids is 2. The van der Waals surface area contributed by atoms with Gasteiger partial charge in [-0.2, -0.15) is 5.26 Å². The zero-order chi connectivity index (χ0) is 20.4. The number of nitrogens with one attached hydrogen (secondary N) is 2. The van der Waals surface area contributed by atoms with Crippen LogP contribution in [0.1, 0.15) is 6.42 Å². The molecule has 0 saturated carbocycles. The number of anilines is 2. The Hall–Kier alpha value is -3.37. The molecule has 1 unspecified atom stereocenters. The Morgan fingerprint density at radius 1 is 1.14 bits per heavy atom. The van der Waals surface area contributed by atoms with E-state index in [9.17, 15) is 9.59 Å². The molecule has 2 rings (SSSR count). The number of hydrogen-bond acceptors (Lipinski definition) is 4. The number of para-hydroxylation sites is 1. The molecule has 146 valence electrons. The smallest absolute Gasteiger partial charge is 0.282 e. The second-order valence-corrected chi connectivity index (χ2v) is 6.38. The van der Waals surface area contributed by atoms with Gasteiger partial charge in [0.15, 0.2) is 13.1 Å². The van der Waals surface area contributed by atoms with Crippen LogP contribution in [0.25, 0.3) is 0 Å². The summed E-state index contributed by atoms with van der Waals surface area (Å²) in [6.07, 6.45) is 0.246. The predicted molar refractivity (Wildman–Crippen MR) is 107 cm³/mol. The highest BCUT2D eigenvalue weighted by atomic mass is 16.5. The Morgan fingerprint density at radius 3 is 2.57 bits per heavy atom. The van der Waals surface area contributed by atoms with E-state index in [-0.39, 0.29) is 31.3 Å². The van der Waals surface area contributed by atoms with E-state index in [0.29, 0.717) is 18.0 Å². The third-order valence-corrected chi connectivity index (χ3v) is 4.08. The Balaban J connectivity index is 1.93. The van der Waals surface area contributed by atoms with Gasteiger partial charge in [0.1, 0.15) is 5.75 Å². The van der Waals surface area contributed by atoms with E-state index >= 15 is 0 Å². The highest BCUT2D eigenvalue weighted by molar-refractivity contribution is 5.94. The van der Waals surface area contributed by atoms with Crippen LogP contribution in [0.3, 0.4) is 0 Å². The van der Waals surface area contributed by atoms with E-state index < -0.39 is 0 Å². The molecular weight excluding hydrogens is 356 g/mol.